The molecule has 23 heavy (non-hydrogen) atoms. The number of anilines is 1. The van der Waals surface area contributed by atoms with Crippen molar-refractivity contribution in [3.63, 3.8) is 0 Å². The Bertz CT molecular complexity index is 705. The van der Waals surface area contributed by atoms with Gasteiger partial charge in [0.15, 0.2) is 0 Å². The highest BCUT2D eigenvalue weighted by atomic mass is 32.2. The molecule has 0 bridgehead atoms. The third-order valence-electron chi connectivity index (χ3n) is 2.72. The molecule has 2 heterocycles. The van der Waals surface area contributed by atoms with Crippen molar-refractivity contribution in [3.05, 3.63) is 16.3 Å². The molecule has 0 unspecified atom stereocenters. The molecular weight excluding hydrogens is 338 g/mol. The first-order valence-electron chi connectivity index (χ1n) is 6.70. The van der Waals surface area contributed by atoms with E-state index in [2.05, 4.69) is 25.6 Å². The van der Waals surface area contributed by atoms with Crippen LogP contribution in [-0.4, -0.2) is 44.9 Å². The van der Waals surface area contributed by atoms with Crippen molar-refractivity contribution < 1.29 is 14.3 Å². The number of methoxy groups -OCH3 is 1. The second-order valence-corrected chi connectivity index (χ2v) is 7.39. The monoisotopic (exact) mass is 355 g/mol. The van der Waals surface area contributed by atoms with Crippen LogP contribution in [0.4, 0.5) is 5.69 Å². The van der Waals surface area contributed by atoms with Gasteiger partial charge in [0.05, 0.1) is 24.1 Å². The van der Waals surface area contributed by atoms with E-state index in [0.29, 0.717) is 15.7 Å². The Morgan fingerprint density at radius 3 is 2.83 bits per heavy atom. The molecule has 0 fully saturated rings. The lowest BCUT2D eigenvalue weighted by molar-refractivity contribution is -0.113. The van der Waals surface area contributed by atoms with Crippen molar-refractivity contribution in [2.24, 2.45) is 0 Å². The van der Waals surface area contributed by atoms with E-state index in [1.54, 1.807) is 16.1 Å². The van der Waals surface area contributed by atoms with Crippen LogP contribution < -0.4 is 5.32 Å². The molecule has 0 atom stereocenters. The highest BCUT2D eigenvalue weighted by molar-refractivity contribution is 7.99. The highest BCUT2D eigenvalue weighted by Gasteiger charge is 2.21. The lowest BCUT2D eigenvalue weighted by atomic mass is 10.1. The van der Waals surface area contributed by atoms with Gasteiger partial charge >= 0.3 is 5.97 Å². The van der Waals surface area contributed by atoms with Crippen LogP contribution in [0, 0.1) is 0 Å². The van der Waals surface area contributed by atoms with Crippen molar-refractivity contribution in [2.45, 2.75) is 31.5 Å². The fourth-order valence-electron chi connectivity index (χ4n) is 1.66. The van der Waals surface area contributed by atoms with Crippen LogP contribution in [-0.2, 0) is 15.1 Å². The van der Waals surface area contributed by atoms with E-state index in [0.717, 1.165) is 0 Å². The molecule has 0 aromatic carbocycles. The van der Waals surface area contributed by atoms with Crippen LogP contribution in [0.1, 0.15) is 30.4 Å². The topological polar surface area (TPSA) is 99.0 Å². The number of esters is 1. The van der Waals surface area contributed by atoms with Gasteiger partial charge in [0.1, 0.15) is 4.88 Å². The molecule has 2 aromatic heterocycles. The SMILES string of the molecule is COC(=O)c1sccc1NC(=O)CSc1nnnn1C(C)(C)C. The summed E-state index contributed by atoms with van der Waals surface area (Å²) in [6.45, 7) is 5.92. The Morgan fingerprint density at radius 2 is 2.17 bits per heavy atom. The summed E-state index contributed by atoms with van der Waals surface area (Å²) in [5, 5.41) is 16.5. The first kappa shape index (κ1) is 17.4. The Hall–Kier alpha value is -1.94. The van der Waals surface area contributed by atoms with Gasteiger partial charge in [-0.25, -0.2) is 9.48 Å². The molecule has 2 rings (SSSR count). The number of hydrogen-bond donors (Lipinski definition) is 1. The molecule has 8 nitrogen and oxygen atoms in total. The molecule has 0 saturated heterocycles. The number of nitrogens with zero attached hydrogens (tertiary/aromatic N) is 4. The third-order valence-corrected chi connectivity index (χ3v) is 4.53. The number of aromatic nitrogens is 4. The zero-order chi connectivity index (χ0) is 17.0. The number of thioether (sulfide) groups is 1. The van der Waals surface area contributed by atoms with Gasteiger partial charge in [0, 0.05) is 0 Å². The minimum atomic E-state index is -0.473. The van der Waals surface area contributed by atoms with Gasteiger partial charge in [-0.05, 0) is 42.6 Å². The summed E-state index contributed by atoms with van der Waals surface area (Å²) in [5.74, 6) is -0.589. The zero-order valence-electron chi connectivity index (χ0n) is 13.2. The maximum atomic E-state index is 12.1. The Kier molecular flexibility index (Phi) is 5.37. The second kappa shape index (κ2) is 7.09. The van der Waals surface area contributed by atoms with Crippen molar-refractivity contribution in [3.8, 4) is 0 Å². The average molecular weight is 355 g/mol. The summed E-state index contributed by atoms with van der Waals surface area (Å²) in [6.07, 6.45) is 0. The minimum Gasteiger partial charge on any atom is -0.465 e. The van der Waals surface area contributed by atoms with Crippen LogP contribution in [0.25, 0.3) is 0 Å². The first-order chi connectivity index (χ1) is 10.8. The predicted molar refractivity (Wildman–Crippen MR) is 87.8 cm³/mol. The molecule has 2 aromatic rings. The number of amides is 1. The maximum absolute atomic E-state index is 12.1. The summed E-state index contributed by atoms with van der Waals surface area (Å²) < 4.78 is 6.34. The maximum Gasteiger partial charge on any atom is 0.350 e. The lowest BCUT2D eigenvalue weighted by Gasteiger charge is -2.19. The van der Waals surface area contributed by atoms with Gasteiger partial charge in [-0.2, -0.15) is 0 Å². The molecule has 1 N–H and O–H groups in total. The minimum absolute atomic E-state index is 0.132. The molecule has 124 valence electrons. The molecule has 0 aliphatic carbocycles. The van der Waals surface area contributed by atoms with Gasteiger partial charge in [-0.15, -0.1) is 16.4 Å². The Balaban J connectivity index is 1.98. The smallest absolute Gasteiger partial charge is 0.350 e. The molecule has 10 heteroatoms. The standard InChI is InChI=1S/C13H17N5O3S2/c1-13(2,3)18-12(15-16-17-18)23-7-9(19)14-8-5-6-22-10(8)11(20)21-4/h5-6H,7H2,1-4H3,(H,14,19). The van der Waals surface area contributed by atoms with Crippen LogP contribution in [0.5, 0.6) is 0 Å². The van der Waals surface area contributed by atoms with Crippen LogP contribution in [0.2, 0.25) is 0 Å². The number of rotatable bonds is 5. The van der Waals surface area contributed by atoms with Crippen LogP contribution >= 0.6 is 23.1 Å². The summed E-state index contributed by atoms with van der Waals surface area (Å²) in [7, 11) is 1.30. The Labute approximate surface area is 141 Å². The average Bonchev–Trinajstić information content (AvgIpc) is 3.12. The summed E-state index contributed by atoms with van der Waals surface area (Å²) in [5.41, 5.74) is 0.177. The van der Waals surface area contributed by atoms with Crippen molar-refractivity contribution >= 4 is 40.7 Å². The fraction of sp³-hybridized carbons (Fsp3) is 0.462. The van der Waals surface area contributed by atoms with Crippen molar-refractivity contribution in [1.29, 1.82) is 0 Å². The number of thiophene rings is 1. The molecule has 0 spiro atoms. The molecule has 0 radical (unpaired) electrons. The number of ether oxygens (including phenoxy) is 1. The predicted octanol–water partition coefficient (Wildman–Crippen LogP) is 2.01. The summed E-state index contributed by atoms with van der Waals surface area (Å²) in [6, 6.07) is 1.67. The third kappa shape index (κ3) is 4.29. The van der Waals surface area contributed by atoms with Gasteiger partial charge in [0.25, 0.3) is 0 Å². The first-order valence-corrected chi connectivity index (χ1v) is 8.56. The van der Waals surface area contributed by atoms with Gasteiger partial charge in [0.2, 0.25) is 11.1 Å². The molecular formula is C13H17N5O3S2. The summed E-state index contributed by atoms with van der Waals surface area (Å²) >= 11 is 2.45. The Morgan fingerprint density at radius 1 is 1.43 bits per heavy atom. The van der Waals surface area contributed by atoms with Crippen molar-refractivity contribution in [2.75, 3.05) is 18.2 Å². The van der Waals surface area contributed by atoms with E-state index in [4.69, 9.17) is 0 Å². The largest absolute Gasteiger partial charge is 0.465 e. The zero-order valence-corrected chi connectivity index (χ0v) is 14.8. The number of nitrogens with one attached hydrogen (secondary N) is 1. The normalized spacial score (nSPS) is 11.3. The molecule has 0 aliphatic rings. The number of tetrazole rings is 1. The van der Waals surface area contributed by atoms with Crippen molar-refractivity contribution in [1.82, 2.24) is 20.2 Å². The van der Waals surface area contributed by atoms with Crippen LogP contribution in [0.15, 0.2) is 16.6 Å². The lowest BCUT2D eigenvalue weighted by Crippen LogP contribution is -2.24. The van der Waals surface area contributed by atoms with Gasteiger partial charge in [-0.3, -0.25) is 4.79 Å². The van der Waals surface area contributed by atoms with Crippen LogP contribution in [0.3, 0.4) is 0 Å². The van der Waals surface area contributed by atoms with Gasteiger partial charge in [-0.1, -0.05) is 11.8 Å². The molecule has 0 aliphatic heterocycles. The van der Waals surface area contributed by atoms with E-state index in [1.807, 2.05) is 20.8 Å². The van der Waals surface area contributed by atoms with E-state index in [-0.39, 0.29) is 17.2 Å². The van der Waals surface area contributed by atoms with Gasteiger partial charge < -0.3 is 10.1 Å². The number of carbonyl (C=O) groups is 2. The quantitative estimate of drug-likeness (QED) is 0.647. The van der Waals surface area contributed by atoms with E-state index in [9.17, 15) is 9.59 Å². The molecule has 1 amide bonds. The summed E-state index contributed by atoms with van der Waals surface area (Å²) in [4.78, 5) is 24.0. The number of carbonyl (C=O) groups excluding carboxylic acids is 2. The second-order valence-electron chi connectivity index (χ2n) is 5.54. The fourth-order valence-corrected chi connectivity index (χ4v) is 3.29. The number of hydrogen-bond acceptors (Lipinski definition) is 8. The highest BCUT2D eigenvalue weighted by Crippen LogP contribution is 2.24. The molecule has 0 saturated carbocycles. The van der Waals surface area contributed by atoms with E-state index < -0.39 is 5.97 Å². The van der Waals surface area contributed by atoms with E-state index in [1.165, 1.54) is 30.2 Å². The van der Waals surface area contributed by atoms with E-state index >= 15 is 0 Å².